The van der Waals surface area contributed by atoms with Crippen LogP contribution in [0.25, 0.3) is 0 Å². The third-order valence-electron chi connectivity index (χ3n) is 2.36. The van der Waals surface area contributed by atoms with E-state index >= 15 is 0 Å². The first kappa shape index (κ1) is 14.7. The van der Waals surface area contributed by atoms with Gasteiger partial charge in [0.15, 0.2) is 5.82 Å². The molecule has 0 atom stereocenters. The van der Waals surface area contributed by atoms with Gasteiger partial charge < -0.3 is 10.1 Å². The van der Waals surface area contributed by atoms with Crippen molar-refractivity contribution in [2.75, 3.05) is 19.0 Å². The number of hydrogen-bond donors (Lipinski definition) is 1. The minimum Gasteiger partial charge on any atom is -0.373 e. The van der Waals surface area contributed by atoms with Crippen molar-refractivity contribution in [2.24, 2.45) is 0 Å². The highest BCUT2D eigenvalue weighted by atomic mass is 19.4. The van der Waals surface area contributed by atoms with E-state index in [0.29, 0.717) is 12.2 Å². The number of aromatic nitrogens is 2. The largest absolute Gasteiger partial charge is 0.411 e. The molecule has 0 saturated heterocycles. The normalized spacial score (nSPS) is 11.7. The zero-order chi connectivity index (χ0) is 13.8. The summed E-state index contributed by atoms with van der Waals surface area (Å²) in [4.78, 5) is 8.28. The predicted molar refractivity (Wildman–Crippen MR) is 61.4 cm³/mol. The minimum atomic E-state index is -4.33. The first-order valence-corrected chi connectivity index (χ1v) is 5.56. The molecule has 1 aromatic rings. The molecule has 1 aromatic heterocycles. The van der Waals surface area contributed by atoms with Crippen LogP contribution in [0, 0.1) is 6.92 Å². The van der Waals surface area contributed by atoms with Gasteiger partial charge in [-0.05, 0) is 13.3 Å². The van der Waals surface area contributed by atoms with Gasteiger partial charge in [-0.15, -0.1) is 0 Å². The Morgan fingerprint density at radius 2 is 1.94 bits per heavy atom. The Morgan fingerprint density at radius 3 is 2.44 bits per heavy atom. The van der Waals surface area contributed by atoms with Gasteiger partial charge in [0.1, 0.15) is 19.0 Å². The lowest BCUT2D eigenvalue weighted by Crippen LogP contribution is -2.18. The van der Waals surface area contributed by atoms with E-state index < -0.39 is 12.8 Å². The highest BCUT2D eigenvalue weighted by molar-refractivity contribution is 5.45. The maximum atomic E-state index is 11.9. The van der Waals surface area contributed by atoms with E-state index in [2.05, 4.69) is 20.0 Å². The summed E-state index contributed by atoms with van der Waals surface area (Å²) in [5.74, 6) is 0.874. The zero-order valence-corrected chi connectivity index (χ0v) is 10.6. The summed E-state index contributed by atoms with van der Waals surface area (Å²) in [5, 5.41) is 2.89. The van der Waals surface area contributed by atoms with Crippen molar-refractivity contribution < 1.29 is 17.9 Å². The van der Waals surface area contributed by atoms with E-state index in [4.69, 9.17) is 0 Å². The van der Waals surface area contributed by atoms with Crippen molar-refractivity contribution in [3.63, 3.8) is 0 Å². The van der Waals surface area contributed by atoms with Crippen LogP contribution in [0.4, 0.5) is 19.0 Å². The van der Waals surface area contributed by atoms with Crippen molar-refractivity contribution in [3.05, 3.63) is 17.1 Å². The molecule has 0 spiro atoms. The lowest BCUT2D eigenvalue weighted by atomic mass is 10.2. The number of anilines is 1. The fourth-order valence-corrected chi connectivity index (χ4v) is 1.52. The smallest absolute Gasteiger partial charge is 0.373 e. The van der Waals surface area contributed by atoms with Gasteiger partial charge in [0.25, 0.3) is 0 Å². The van der Waals surface area contributed by atoms with Gasteiger partial charge >= 0.3 is 6.18 Å². The number of nitrogens with one attached hydrogen (secondary N) is 1. The second kappa shape index (κ2) is 5.99. The molecule has 18 heavy (non-hydrogen) atoms. The Morgan fingerprint density at radius 1 is 1.28 bits per heavy atom. The third kappa shape index (κ3) is 4.14. The first-order chi connectivity index (χ1) is 8.37. The standard InChI is InChI=1S/C11H16F3N3O/c1-4-8-7(2)10(15-3)17-9(16-8)5-18-6-11(12,13)14/h4-6H2,1-3H3,(H,15,16,17). The Labute approximate surface area is 104 Å². The molecule has 0 amide bonds. The molecule has 0 aliphatic heterocycles. The van der Waals surface area contributed by atoms with Crippen molar-refractivity contribution >= 4 is 5.82 Å². The van der Waals surface area contributed by atoms with Crippen LogP contribution in [0.1, 0.15) is 24.0 Å². The Balaban J connectivity index is 2.77. The molecule has 0 bridgehead atoms. The highest BCUT2D eigenvalue weighted by Gasteiger charge is 2.27. The fourth-order valence-electron chi connectivity index (χ4n) is 1.52. The molecule has 1 N–H and O–H groups in total. The average molecular weight is 263 g/mol. The number of hydrogen-bond acceptors (Lipinski definition) is 4. The van der Waals surface area contributed by atoms with Crippen LogP contribution in [-0.2, 0) is 17.8 Å². The number of ether oxygens (including phenoxy) is 1. The van der Waals surface area contributed by atoms with Crippen LogP contribution in [0.15, 0.2) is 0 Å². The van der Waals surface area contributed by atoms with Crippen LogP contribution < -0.4 is 5.32 Å². The summed E-state index contributed by atoms with van der Waals surface area (Å²) in [6.07, 6.45) is -3.64. The molecule has 0 aliphatic carbocycles. The van der Waals surface area contributed by atoms with Crippen LogP contribution in [0.2, 0.25) is 0 Å². The van der Waals surface area contributed by atoms with E-state index in [-0.39, 0.29) is 12.4 Å². The van der Waals surface area contributed by atoms with Crippen molar-refractivity contribution in [1.29, 1.82) is 0 Å². The second-order valence-electron chi connectivity index (χ2n) is 3.77. The van der Waals surface area contributed by atoms with Gasteiger partial charge in [0.05, 0.1) is 0 Å². The van der Waals surface area contributed by atoms with E-state index in [1.54, 1.807) is 7.05 Å². The van der Waals surface area contributed by atoms with E-state index in [1.807, 2.05) is 13.8 Å². The van der Waals surface area contributed by atoms with Crippen LogP contribution in [0.3, 0.4) is 0 Å². The second-order valence-corrected chi connectivity index (χ2v) is 3.77. The first-order valence-electron chi connectivity index (χ1n) is 5.56. The summed E-state index contributed by atoms with van der Waals surface area (Å²) in [6, 6.07) is 0. The quantitative estimate of drug-likeness (QED) is 0.886. The van der Waals surface area contributed by atoms with Crippen molar-refractivity contribution in [2.45, 2.75) is 33.1 Å². The van der Waals surface area contributed by atoms with E-state index in [9.17, 15) is 13.2 Å². The van der Waals surface area contributed by atoms with Crippen LogP contribution in [-0.4, -0.2) is 29.8 Å². The van der Waals surface area contributed by atoms with Crippen molar-refractivity contribution in [3.8, 4) is 0 Å². The Bertz CT molecular complexity index is 382. The molecule has 102 valence electrons. The molecule has 0 radical (unpaired) electrons. The van der Waals surface area contributed by atoms with Gasteiger partial charge in [-0.2, -0.15) is 13.2 Å². The fraction of sp³-hybridized carbons (Fsp3) is 0.636. The number of aryl methyl sites for hydroxylation is 1. The molecule has 0 unspecified atom stereocenters. The molecular weight excluding hydrogens is 247 g/mol. The Hall–Kier alpha value is -1.37. The molecule has 0 aromatic carbocycles. The molecule has 1 rings (SSSR count). The average Bonchev–Trinajstić information content (AvgIpc) is 2.29. The SMILES string of the molecule is CCc1nc(COCC(F)(F)F)nc(NC)c1C. The molecule has 1 heterocycles. The summed E-state index contributed by atoms with van der Waals surface area (Å²) in [7, 11) is 1.70. The lowest BCUT2D eigenvalue weighted by molar-refractivity contribution is -0.177. The highest BCUT2D eigenvalue weighted by Crippen LogP contribution is 2.18. The van der Waals surface area contributed by atoms with Gasteiger partial charge in [-0.1, -0.05) is 6.92 Å². The topological polar surface area (TPSA) is 47.0 Å². The monoisotopic (exact) mass is 263 g/mol. The molecule has 0 saturated carbocycles. The van der Waals surface area contributed by atoms with E-state index in [0.717, 1.165) is 11.3 Å². The van der Waals surface area contributed by atoms with Crippen molar-refractivity contribution in [1.82, 2.24) is 9.97 Å². The summed E-state index contributed by atoms with van der Waals surface area (Å²) in [6.45, 7) is 2.25. The Kier molecular flexibility index (Phi) is 4.89. The maximum absolute atomic E-state index is 11.9. The number of halogens is 3. The van der Waals surface area contributed by atoms with Gasteiger partial charge in [-0.25, -0.2) is 9.97 Å². The van der Waals surface area contributed by atoms with Crippen LogP contribution >= 0.6 is 0 Å². The minimum absolute atomic E-state index is 0.249. The lowest BCUT2D eigenvalue weighted by Gasteiger charge is -2.12. The third-order valence-corrected chi connectivity index (χ3v) is 2.36. The summed E-state index contributed by atoms with van der Waals surface area (Å²) >= 11 is 0. The number of alkyl halides is 3. The molecular formula is C11H16F3N3O. The molecule has 7 heteroatoms. The predicted octanol–water partition coefficient (Wildman–Crippen LogP) is 2.47. The molecule has 4 nitrogen and oxygen atoms in total. The summed E-state index contributed by atoms with van der Waals surface area (Å²) in [5.41, 5.74) is 1.71. The number of rotatable bonds is 5. The van der Waals surface area contributed by atoms with Gasteiger partial charge in [-0.3, -0.25) is 0 Å². The van der Waals surface area contributed by atoms with E-state index in [1.165, 1.54) is 0 Å². The summed E-state index contributed by atoms with van der Waals surface area (Å²) < 4.78 is 40.4. The maximum Gasteiger partial charge on any atom is 0.411 e. The van der Waals surface area contributed by atoms with Crippen LogP contribution in [0.5, 0.6) is 0 Å². The van der Waals surface area contributed by atoms with Gasteiger partial charge in [0, 0.05) is 18.3 Å². The zero-order valence-electron chi connectivity index (χ0n) is 10.6. The molecule has 0 fully saturated rings. The molecule has 0 aliphatic rings. The number of nitrogens with zero attached hydrogens (tertiary/aromatic N) is 2. The van der Waals surface area contributed by atoms with Gasteiger partial charge in [0.2, 0.25) is 0 Å².